The molecule has 132 valence electrons. The molecule has 3 N–H and O–H groups in total. The summed E-state index contributed by atoms with van der Waals surface area (Å²) in [4.78, 5) is 44.5. The van der Waals surface area contributed by atoms with Crippen LogP contribution in [0.2, 0.25) is 0 Å². The molecule has 1 atom stereocenters. The SMILES string of the molecule is O=C(O)CC[C@H](NC(=O)COc1ccc2ccc(=O)oc2c1)C(=O)O. The quantitative estimate of drug-likeness (QED) is 0.588. The lowest BCUT2D eigenvalue weighted by Gasteiger charge is -2.14. The molecule has 1 heterocycles. The predicted molar refractivity (Wildman–Crippen MR) is 84.4 cm³/mol. The summed E-state index contributed by atoms with van der Waals surface area (Å²) >= 11 is 0. The number of hydrogen-bond acceptors (Lipinski definition) is 6. The number of carbonyl (C=O) groups excluding carboxylic acids is 1. The number of carboxylic acids is 2. The minimum Gasteiger partial charge on any atom is -0.484 e. The molecular formula is C16H15NO8. The molecule has 0 aliphatic heterocycles. The summed E-state index contributed by atoms with van der Waals surface area (Å²) in [7, 11) is 0. The number of rotatable bonds is 8. The van der Waals surface area contributed by atoms with E-state index in [0.29, 0.717) is 5.39 Å². The van der Waals surface area contributed by atoms with Gasteiger partial charge in [0.25, 0.3) is 5.91 Å². The molecule has 1 aromatic carbocycles. The van der Waals surface area contributed by atoms with E-state index in [4.69, 9.17) is 19.4 Å². The van der Waals surface area contributed by atoms with Gasteiger partial charge in [0.05, 0.1) is 0 Å². The first-order valence-corrected chi connectivity index (χ1v) is 7.26. The van der Waals surface area contributed by atoms with Crippen LogP contribution in [0.25, 0.3) is 11.0 Å². The Hall–Kier alpha value is -3.36. The van der Waals surface area contributed by atoms with Crippen molar-refractivity contribution in [2.45, 2.75) is 18.9 Å². The molecule has 0 spiro atoms. The van der Waals surface area contributed by atoms with Gasteiger partial charge in [0.2, 0.25) is 0 Å². The second-order valence-electron chi connectivity index (χ2n) is 5.13. The molecule has 9 heteroatoms. The fraction of sp³-hybridized carbons (Fsp3) is 0.250. The molecule has 2 aromatic rings. The van der Waals surface area contributed by atoms with Crippen LogP contribution < -0.4 is 15.7 Å². The summed E-state index contributed by atoms with van der Waals surface area (Å²) < 4.78 is 10.2. The van der Waals surface area contributed by atoms with Crippen molar-refractivity contribution < 1.29 is 33.8 Å². The summed E-state index contributed by atoms with van der Waals surface area (Å²) in [5.74, 6) is -2.95. The standard InChI is InChI=1S/C16H15NO8/c18-13(17-11(16(22)23)4-5-14(19)20)8-24-10-3-1-9-2-6-15(21)25-12(9)7-10/h1-3,6-7,11H,4-5,8H2,(H,17,18)(H,19,20)(H,22,23)/t11-/m0/s1. The van der Waals surface area contributed by atoms with E-state index in [1.165, 1.54) is 12.1 Å². The van der Waals surface area contributed by atoms with Gasteiger partial charge in [-0.1, -0.05) is 0 Å². The van der Waals surface area contributed by atoms with Gasteiger partial charge in [-0.15, -0.1) is 0 Å². The maximum atomic E-state index is 11.8. The first-order chi connectivity index (χ1) is 11.8. The van der Waals surface area contributed by atoms with Gasteiger partial charge in [0, 0.05) is 23.9 Å². The molecule has 0 aliphatic rings. The van der Waals surface area contributed by atoms with Crippen LogP contribution in [0.15, 0.2) is 39.5 Å². The Morgan fingerprint density at radius 3 is 2.56 bits per heavy atom. The third-order valence-corrected chi connectivity index (χ3v) is 3.24. The van der Waals surface area contributed by atoms with Crippen molar-refractivity contribution in [3.63, 3.8) is 0 Å². The van der Waals surface area contributed by atoms with E-state index in [2.05, 4.69) is 5.32 Å². The minimum absolute atomic E-state index is 0.239. The average Bonchev–Trinajstić information content (AvgIpc) is 2.55. The van der Waals surface area contributed by atoms with Gasteiger partial charge in [-0.3, -0.25) is 9.59 Å². The first-order valence-electron chi connectivity index (χ1n) is 7.26. The number of carboxylic acid groups (broad SMARTS) is 2. The maximum Gasteiger partial charge on any atom is 0.336 e. The van der Waals surface area contributed by atoms with Gasteiger partial charge >= 0.3 is 17.6 Å². The number of aliphatic carboxylic acids is 2. The third kappa shape index (κ3) is 5.34. The third-order valence-electron chi connectivity index (χ3n) is 3.24. The van der Waals surface area contributed by atoms with E-state index >= 15 is 0 Å². The van der Waals surface area contributed by atoms with E-state index in [9.17, 15) is 19.2 Å². The van der Waals surface area contributed by atoms with Gasteiger partial charge in [0.1, 0.15) is 17.4 Å². The molecule has 0 fully saturated rings. The molecule has 25 heavy (non-hydrogen) atoms. The Morgan fingerprint density at radius 2 is 1.88 bits per heavy atom. The molecule has 0 bridgehead atoms. The van der Waals surface area contributed by atoms with Crippen LogP contribution in [0.1, 0.15) is 12.8 Å². The van der Waals surface area contributed by atoms with E-state index in [1.807, 2.05) is 0 Å². The molecule has 2 rings (SSSR count). The number of amides is 1. The van der Waals surface area contributed by atoms with E-state index in [0.717, 1.165) is 0 Å². The summed E-state index contributed by atoms with van der Waals surface area (Å²) in [5.41, 5.74) is -0.236. The number of fused-ring (bicyclic) bond motifs is 1. The Kier molecular flexibility index (Phi) is 5.72. The fourth-order valence-corrected chi connectivity index (χ4v) is 2.04. The minimum atomic E-state index is -1.33. The lowest BCUT2D eigenvalue weighted by molar-refractivity contribution is -0.143. The zero-order valence-corrected chi connectivity index (χ0v) is 12.9. The van der Waals surface area contributed by atoms with Crippen LogP contribution in [0.5, 0.6) is 5.75 Å². The van der Waals surface area contributed by atoms with Crippen LogP contribution in [0.4, 0.5) is 0 Å². The van der Waals surface area contributed by atoms with Gasteiger partial charge in [0.15, 0.2) is 6.61 Å². The van der Waals surface area contributed by atoms with Crippen molar-refractivity contribution in [2.75, 3.05) is 6.61 Å². The molecule has 0 saturated heterocycles. The van der Waals surface area contributed by atoms with Crippen LogP contribution in [0.3, 0.4) is 0 Å². The number of nitrogens with one attached hydrogen (secondary N) is 1. The lowest BCUT2D eigenvalue weighted by Crippen LogP contribution is -2.43. The highest BCUT2D eigenvalue weighted by Crippen LogP contribution is 2.19. The van der Waals surface area contributed by atoms with Crippen LogP contribution in [0, 0.1) is 0 Å². The molecule has 0 unspecified atom stereocenters. The van der Waals surface area contributed by atoms with Gasteiger partial charge in [-0.05, 0) is 24.6 Å². The van der Waals surface area contributed by atoms with E-state index in [-0.39, 0.29) is 24.2 Å². The fourth-order valence-electron chi connectivity index (χ4n) is 2.04. The van der Waals surface area contributed by atoms with Crippen molar-refractivity contribution in [2.24, 2.45) is 0 Å². The normalized spacial score (nSPS) is 11.7. The molecule has 0 radical (unpaired) electrons. The summed E-state index contributed by atoms with van der Waals surface area (Å²) in [6.07, 6.45) is -0.626. The van der Waals surface area contributed by atoms with E-state index in [1.54, 1.807) is 18.2 Å². The molecule has 9 nitrogen and oxygen atoms in total. The summed E-state index contributed by atoms with van der Waals surface area (Å²) in [6.45, 7) is -0.473. The molecule has 1 amide bonds. The Balaban J connectivity index is 1.95. The van der Waals surface area contributed by atoms with Crippen molar-refractivity contribution in [1.29, 1.82) is 0 Å². The highest BCUT2D eigenvalue weighted by Gasteiger charge is 2.21. The van der Waals surface area contributed by atoms with Gasteiger partial charge < -0.3 is 24.7 Å². The lowest BCUT2D eigenvalue weighted by atomic mass is 10.1. The Bertz CT molecular complexity index is 857. The molecule has 0 saturated carbocycles. The Morgan fingerprint density at radius 1 is 1.16 bits per heavy atom. The van der Waals surface area contributed by atoms with Crippen molar-refractivity contribution in [1.82, 2.24) is 5.32 Å². The molecular weight excluding hydrogens is 334 g/mol. The van der Waals surface area contributed by atoms with Gasteiger partial charge in [-0.2, -0.15) is 0 Å². The smallest absolute Gasteiger partial charge is 0.336 e. The van der Waals surface area contributed by atoms with Crippen LogP contribution >= 0.6 is 0 Å². The van der Waals surface area contributed by atoms with Crippen LogP contribution in [-0.2, 0) is 14.4 Å². The topological polar surface area (TPSA) is 143 Å². The largest absolute Gasteiger partial charge is 0.484 e. The highest BCUT2D eigenvalue weighted by molar-refractivity contribution is 5.85. The molecule has 0 aliphatic carbocycles. The van der Waals surface area contributed by atoms with Crippen LogP contribution in [-0.4, -0.2) is 40.7 Å². The molecule has 1 aromatic heterocycles. The number of benzene rings is 1. The maximum absolute atomic E-state index is 11.8. The zero-order chi connectivity index (χ0) is 18.4. The van der Waals surface area contributed by atoms with Gasteiger partial charge in [-0.25, -0.2) is 9.59 Å². The highest BCUT2D eigenvalue weighted by atomic mass is 16.5. The summed E-state index contributed by atoms with van der Waals surface area (Å²) in [6, 6.07) is 6.18. The van der Waals surface area contributed by atoms with E-state index < -0.39 is 36.1 Å². The van der Waals surface area contributed by atoms with Crippen molar-refractivity contribution >= 4 is 28.8 Å². The van der Waals surface area contributed by atoms with Crippen molar-refractivity contribution in [3.8, 4) is 5.75 Å². The van der Waals surface area contributed by atoms with Crippen molar-refractivity contribution in [3.05, 3.63) is 40.8 Å². The number of hydrogen-bond donors (Lipinski definition) is 3. The second kappa shape index (κ2) is 7.95. The first kappa shape index (κ1) is 18.0. The Labute approximate surface area is 140 Å². The summed E-state index contributed by atoms with van der Waals surface area (Å²) in [5, 5.41) is 20.4. The monoisotopic (exact) mass is 349 g/mol. The number of ether oxygens (including phenoxy) is 1. The predicted octanol–water partition coefficient (Wildman–Crippen LogP) is 0.606. The zero-order valence-electron chi connectivity index (χ0n) is 12.9. The number of carbonyl (C=O) groups is 3. The second-order valence-corrected chi connectivity index (χ2v) is 5.13. The average molecular weight is 349 g/mol.